The van der Waals surface area contributed by atoms with Gasteiger partial charge >= 0.3 is 5.97 Å². The number of hydrogen-bond acceptors (Lipinski definition) is 3. The van der Waals surface area contributed by atoms with Gasteiger partial charge in [0.2, 0.25) is 0 Å². The Hall–Kier alpha value is -1.69. The van der Waals surface area contributed by atoms with Crippen LogP contribution in [-0.4, -0.2) is 30.7 Å². The van der Waals surface area contributed by atoms with Crippen LogP contribution < -0.4 is 10.1 Å². The minimum Gasteiger partial charge on any atom is -0.488 e. The second-order valence-electron chi connectivity index (χ2n) is 5.46. The molecule has 6 heteroatoms. The molecule has 0 aliphatic heterocycles. The second-order valence-corrected chi connectivity index (χ2v) is 5.46. The van der Waals surface area contributed by atoms with E-state index in [0.29, 0.717) is 25.3 Å². The van der Waals surface area contributed by atoms with Gasteiger partial charge in [0.25, 0.3) is 6.43 Å². The first kappa shape index (κ1) is 17.4. The van der Waals surface area contributed by atoms with Gasteiger partial charge in [-0.15, -0.1) is 0 Å². The van der Waals surface area contributed by atoms with E-state index in [2.05, 4.69) is 5.32 Å². The summed E-state index contributed by atoms with van der Waals surface area (Å²) in [5.41, 5.74) is 0.229. The van der Waals surface area contributed by atoms with Crippen molar-refractivity contribution in [3.8, 4) is 5.75 Å². The number of halogens is 2. The lowest BCUT2D eigenvalue weighted by Gasteiger charge is -2.19. The summed E-state index contributed by atoms with van der Waals surface area (Å²) < 4.78 is 28.8. The van der Waals surface area contributed by atoms with Crippen LogP contribution in [0.25, 0.3) is 0 Å². The molecule has 118 valence electrons. The van der Waals surface area contributed by atoms with Gasteiger partial charge in [-0.2, -0.15) is 0 Å². The zero-order valence-electron chi connectivity index (χ0n) is 12.2. The van der Waals surface area contributed by atoms with Crippen LogP contribution in [0, 0.1) is 5.41 Å². The van der Waals surface area contributed by atoms with Crippen LogP contribution in [0.3, 0.4) is 0 Å². The maximum absolute atomic E-state index is 12.0. The first-order valence-corrected chi connectivity index (χ1v) is 6.75. The number of carbonyl (C=O) groups is 1. The van der Waals surface area contributed by atoms with E-state index in [0.717, 1.165) is 5.56 Å². The predicted octanol–water partition coefficient (Wildman–Crippen LogP) is 2.92. The lowest BCUT2D eigenvalue weighted by Crippen LogP contribution is -2.28. The van der Waals surface area contributed by atoms with E-state index in [1.54, 1.807) is 38.1 Å². The molecule has 0 aromatic heterocycles. The highest BCUT2D eigenvalue weighted by Gasteiger charge is 2.25. The molecule has 21 heavy (non-hydrogen) atoms. The summed E-state index contributed by atoms with van der Waals surface area (Å²) in [5.74, 6) is -0.407. The number of aliphatic carboxylic acids is 1. The summed E-state index contributed by atoms with van der Waals surface area (Å²) in [4.78, 5) is 10.9. The molecule has 0 bridgehead atoms. The van der Waals surface area contributed by atoms with E-state index in [1.165, 1.54) is 0 Å². The highest BCUT2D eigenvalue weighted by molar-refractivity contribution is 5.73. The van der Waals surface area contributed by atoms with Crippen LogP contribution in [-0.2, 0) is 11.3 Å². The van der Waals surface area contributed by atoms with Crippen molar-refractivity contribution in [2.24, 2.45) is 5.41 Å². The molecule has 1 rings (SSSR count). The molecule has 1 aromatic rings. The average molecular weight is 301 g/mol. The third-order valence-electron chi connectivity index (χ3n) is 3.13. The van der Waals surface area contributed by atoms with Gasteiger partial charge in [-0.25, -0.2) is 8.78 Å². The molecule has 1 aromatic carbocycles. The van der Waals surface area contributed by atoms with Gasteiger partial charge in [-0.1, -0.05) is 12.1 Å². The molecule has 0 saturated carbocycles. The van der Waals surface area contributed by atoms with Gasteiger partial charge in [0, 0.05) is 6.54 Å². The maximum atomic E-state index is 12.0. The minimum atomic E-state index is -2.48. The van der Waals surface area contributed by atoms with Crippen molar-refractivity contribution in [3.05, 3.63) is 29.8 Å². The predicted molar refractivity (Wildman–Crippen MR) is 75.7 cm³/mol. The van der Waals surface area contributed by atoms with Crippen molar-refractivity contribution >= 4 is 5.97 Å². The molecule has 0 heterocycles. The minimum absolute atomic E-state index is 0.408. The SMILES string of the molecule is CC(C)(CCNCc1ccc(OCC(F)F)cc1)C(=O)O. The number of hydrogen-bond donors (Lipinski definition) is 2. The van der Waals surface area contributed by atoms with E-state index < -0.39 is 24.4 Å². The fourth-order valence-corrected chi connectivity index (χ4v) is 1.60. The first-order chi connectivity index (χ1) is 9.81. The van der Waals surface area contributed by atoms with E-state index in [9.17, 15) is 13.6 Å². The Labute approximate surface area is 123 Å². The zero-order chi connectivity index (χ0) is 15.9. The molecule has 4 nitrogen and oxygen atoms in total. The smallest absolute Gasteiger partial charge is 0.309 e. The number of nitrogens with one attached hydrogen (secondary N) is 1. The molecule has 0 saturated heterocycles. The quantitative estimate of drug-likeness (QED) is 0.689. The normalized spacial score (nSPS) is 11.7. The van der Waals surface area contributed by atoms with Crippen molar-refractivity contribution in [1.29, 1.82) is 0 Å². The van der Waals surface area contributed by atoms with Gasteiger partial charge < -0.3 is 15.2 Å². The summed E-state index contributed by atoms with van der Waals surface area (Å²) in [7, 11) is 0. The molecule has 0 aliphatic rings. The molecule has 0 spiro atoms. The van der Waals surface area contributed by atoms with Crippen LogP contribution in [0.1, 0.15) is 25.8 Å². The summed E-state index contributed by atoms with van der Waals surface area (Å²) in [6, 6.07) is 6.85. The largest absolute Gasteiger partial charge is 0.488 e. The van der Waals surface area contributed by atoms with Crippen molar-refractivity contribution in [1.82, 2.24) is 5.32 Å². The topological polar surface area (TPSA) is 58.6 Å². The number of benzene rings is 1. The van der Waals surface area contributed by atoms with Crippen molar-refractivity contribution in [3.63, 3.8) is 0 Å². The molecule has 0 aliphatic carbocycles. The van der Waals surface area contributed by atoms with Crippen molar-refractivity contribution in [2.45, 2.75) is 33.2 Å². The lowest BCUT2D eigenvalue weighted by molar-refractivity contribution is -0.147. The number of carboxylic acids is 1. The number of carboxylic acid groups (broad SMARTS) is 1. The average Bonchev–Trinajstić information content (AvgIpc) is 2.42. The maximum Gasteiger partial charge on any atom is 0.309 e. The van der Waals surface area contributed by atoms with Crippen molar-refractivity contribution in [2.75, 3.05) is 13.2 Å². The molecule has 0 amide bonds. The van der Waals surface area contributed by atoms with Crippen LogP contribution in [0.2, 0.25) is 0 Å². The van der Waals surface area contributed by atoms with Crippen LogP contribution >= 0.6 is 0 Å². The Kier molecular flexibility index (Phi) is 6.55. The molecule has 0 unspecified atom stereocenters. The van der Waals surface area contributed by atoms with Gasteiger partial charge in [0.1, 0.15) is 12.4 Å². The standard InChI is InChI=1S/C15H21F2NO3/c1-15(2,14(19)20)7-8-18-9-11-3-5-12(6-4-11)21-10-13(16)17/h3-6,13,18H,7-10H2,1-2H3,(H,19,20). The third kappa shape index (κ3) is 6.53. The highest BCUT2D eigenvalue weighted by atomic mass is 19.3. The summed E-state index contributed by atoms with van der Waals surface area (Å²) >= 11 is 0. The molecular weight excluding hydrogens is 280 g/mol. The van der Waals surface area contributed by atoms with Crippen molar-refractivity contribution < 1.29 is 23.4 Å². The Bertz CT molecular complexity index is 447. The number of rotatable bonds is 9. The Morgan fingerprint density at radius 2 is 1.95 bits per heavy atom. The molecule has 0 atom stereocenters. The van der Waals surface area contributed by atoms with Gasteiger partial charge in [-0.3, -0.25) is 4.79 Å². The monoisotopic (exact) mass is 301 g/mol. The molecule has 0 radical (unpaired) electrons. The number of ether oxygens (including phenoxy) is 1. The van der Waals surface area contributed by atoms with E-state index in [1.807, 2.05) is 0 Å². The molecular formula is C15H21F2NO3. The van der Waals surface area contributed by atoms with Gasteiger partial charge in [0.15, 0.2) is 0 Å². The fraction of sp³-hybridized carbons (Fsp3) is 0.533. The van der Waals surface area contributed by atoms with E-state index in [4.69, 9.17) is 9.84 Å². The fourth-order valence-electron chi connectivity index (χ4n) is 1.60. The van der Waals surface area contributed by atoms with E-state index >= 15 is 0 Å². The molecule has 0 fully saturated rings. The first-order valence-electron chi connectivity index (χ1n) is 6.75. The third-order valence-corrected chi connectivity index (χ3v) is 3.13. The van der Waals surface area contributed by atoms with Crippen LogP contribution in [0.4, 0.5) is 8.78 Å². The van der Waals surface area contributed by atoms with Crippen LogP contribution in [0.5, 0.6) is 5.75 Å². The van der Waals surface area contributed by atoms with Gasteiger partial charge in [0.05, 0.1) is 5.41 Å². The van der Waals surface area contributed by atoms with Crippen LogP contribution in [0.15, 0.2) is 24.3 Å². The Balaban J connectivity index is 2.31. The summed E-state index contributed by atoms with van der Waals surface area (Å²) in [6.07, 6.45) is -1.96. The molecule has 2 N–H and O–H groups in total. The Morgan fingerprint density at radius 1 is 1.33 bits per heavy atom. The van der Waals surface area contributed by atoms with E-state index in [-0.39, 0.29) is 0 Å². The Morgan fingerprint density at radius 3 is 2.48 bits per heavy atom. The zero-order valence-corrected chi connectivity index (χ0v) is 12.2. The van der Waals surface area contributed by atoms with Gasteiger partial charge in [-0.05, 0) is 44.5 Å². The highest BCUT2D eigenvalue weighted by Crippen LogP contribution is 2.19. The summed E-state index contributed by atoms with van der Waals surface area (Å²) in [6.45, 7) is 3.94. The lowest BCUT2D eigenvalue weighted by atomic mass is 9.90. The second kappa shape index (κ2) is 7.93. The summed E-state index contributed by atoms with van der Waals surface area (Å²) in [5, 5.41) is 12.1. The number of alkyl halides is 2.